The first-order valence-electron chi connectivity index (χ1n) is 14.3. The lowest BCUT2D eigenvalue weighted by molar-refractivity contribution is 1.20. The summed E-state index contributed by atoms with van der Waals surface area (Å²) in [5, 5.41) is 7.67. The third-order valence-electron chi connectivity index (χ3n) is 8.70. The Labute approximate surface area is 239 Å². The Kier molecular flexibility index (Phi) is 5.33. The molecule has 0 saturated heterocycles. The summed E-state index contributed by atoms with van der Waals surface area (Å²) in [5.74, 6) is 0. The molecule has 7 aromatic carbocycles. The Bertz CT molecular complexity index is 2280. The summed E-state index contributed by atoms with van der Waals surface area (Å²) >= 11 is 0. The molecule has 1 aromatic heterocycles. The van der Waals surface area contributed by atoms with Gasteiger partial charge in [-0.05, 0) is 87.7 Å². The van der Waals surface area contributed by atoms with Crippen molar-refractivity contribution in [3.8, 4) is 27.9 Å². The molecule has 0 amide bonds. The van der Waals surface area contributed by atoms with Crippen molar-refractivity contribution < 1.29 is 0 Å². The maximum Gasteiger partial charge on any atom is 0.0541 e. The second kappa shape index (κ2) is 9.21. The number of hydrogen-bond acceptors (Lipinski definition) is 0. The number of para-hydroxylation sites is 1. The third-order valence-corrected chi connectivity index (χ3v) is 8.70. The Morgan fingerprint density at radius 3 is 1.73 bits per heavy atom. The Morgan fingerprint density at radius 1 is 0.366 bits per heavy atom. The van der Waals surface area contributed by atoms with E-state index in [1.54, 1.807) is 0 Å². The van der Waals surface area contributed by atoms with E-state index in [4.69, 9.17) is 0 Å². The summed E-state index contributed by atoms with van der Waals surface area (Å²) in [6.07, 6.45) is 0. The van der Waals surface area contributed by atoms with Gasteiger partial charge in [0.2, 0.25) is 0 Å². The first-order valence-corrected chi connectivity index (χ1v) is 14.3. The highest BCUT2D eigenvalue weighted by molar-refractivity contribution is 6.13. The van der Waals surface area contributed by atoms with Crippen molar-refractivity contribution in [3.63, 3.8) is 0 Å². The maximum atomic E-state index is 2.45. The molecule has 0 saturated carbocycles. The largest absolute Gasteiger partial charge is 0.309 e. The molecule has 0 radical (unpaired) electrons. The van der Waals surface area contributed by atoms with Crippen LogP contribution in [0.4, 0.5) is 0 Å². The number of aryl methyl sites for hydroxylation is 2. The fraction of sp³-hybridized carbons (Fsp3) is 0.0500. The lowest BCUT2D eigenvalue weighted by Crippen LogP contribution is -1.96. The summed E-state index contributed by atoms with van der Waals surface area (Å²) in [5.41, 5.74) is 11.3. The van der Waals surface area contributed by atoms with Crippen LogP contribution in [0.25, 0.3) is 71.3 Å². The summed E-state index contributed by atoms with van der Waals surface area (Å²) in [7, 11) is 0. The van der Waals surface area contributed by atoms with Crippen molar-refractivity contribution in [2.24, 2.45) is 0 Å². The minimum atomic E-state index is 1.20. The Balaban J connectivity index is 1.41. The van der Waals surface area contributed by atoms with E-state index in [9.17, 15) is 0 Å². The Hall–Kier alpha value is -5.14. The van der Waals surface area contributed by atoms with Crippen molar-refractivity contribution in [3.05, 3.63) is 151 Å². The van der Waals surface area contributed by atoms with Crippen molar-refractivity contribution in [2.45, 2.75) is 13.8 Å². The zero-order valence-corrected chi connectivity index (χ0v) is 23.2. The zero-order valence-electron chi connectivity index (χ0n) is 23.2. The highest BCUT2D eigenvalue weighted by Gasteiger charge is 2.17. The molecule has 0 bridgehead atoms. The van der Waals surface area contributed by atoms with Gasteiger partial charge in [0.1, 0.15) is 0 Å². The monoisotopic (exact) mass is 523 g/mol. The minimum absolute atomic E-state index is 1.20. The number of nitrogens with zero attached hydrogens (tertiary/aromatic N) is 1. The molecule has 0 aliphatic rings. The molecule has 1 heteroatoms. The molecule has 0 N–H and O–H groups in total. The van der Waals surface area contributed by atoms with Gasteiger partial charge in [-0.25, -0.2) is 0 Å². The van der Waals surface area contributed by atoms with E-state index in [1.165, 1.54) is 82.4 Å². The van der Waals surface area contributed by atoms with Crippen LogP contribution in [0.5, 0.6) is 0 Å². The Morgan fingerprint density at radius 2 is 0.951 bits per heavy atom. The van der Waals surface area contributed by atoms with Crippen LogP contribution >= 0.6 is 0 Å². The summed E-state index contributed by atoms with van der Waals surface area (Å²) in [4.78, 5) is 0. The summed E-state index contributed by atoms with van der Waals surface area (Å²) < 4.78 is 2.45. The second-order valence-electron chi connectivity index (χ2n) is 11.1. The van der Waals surface area contributed by atoms with Crippen molar-refractivity contribution in [2.75, 3.05) is 0 Å². The van der Waals surface area contributed by atoms with E-state index >= 15 is 0 Å². The van der Waals surface area contributed by atoms with Gasteiger partial charge < -0.3 is 4.57 Å². The van der Waals surface area contributed by atoms with Crippen molar-refractivity contribution in [1.82, 2.24) is 4.57 Å². The van der Waals surface area contributed by atoms with E-state index < -0.39 is 0 Å². The van der Waals surface area contributed by atoms with Crippen LogP contribution in [0.3, 0.4) is 0 Å². The number of rotatable bonds is 3. The van der Waals surface area contributed by atoms with Gasteiger partial charge in [0.15, 0.2) is 0 Å². The van der Waals surface area contributed by atoms with Crippen LogP contribution in [0, 0.1) is 13.8 Å². The van der Waals surface area contributed by atoms with Gasteiger partial charge in [-0.3, -0.25) is 0 Å². The lowest BCUT2D eigenvalue weighted by atomic mass is 9.91. The predicted octanol–water partition coefficient (Wildman–Crippen LogP) is 11.0. The number of fused-ring (bicyclic) bond motifs is 5. The summed E-state index contributed by atoms with van der Waals surface area (Å²) in [6, 6.07) is 51.2. The average Bonchev–Trinajstić information content (AvgIpc) is 3.35. The molecule has 8 rings (SSSR count). The topological polar surface area (TPSA) is 4.93 Å². The summed E-state index contributed by atoms with van der Waals surface area (Å²) in [6.45, 7) is 4.38. The van der Waals surface area contributed by atoms with Crippen LogP contribution in [0.15, 0.2) is 140 Å². The highest BCUT2D eigenvalue weighted by atomic mass is 15.0. The van der Waals surface area contributed by atoms with E-state index in [0.717, 1.165) is 0 Å². The van der Waals surface area contributed by atoms with E-state index in [0.29, 0.717) is 0 Å². The molecule has 0 unspecified atom stereocenters. The van der Waals surface area contributed by atoms with Gasteiger partial charge in [0, 0.05) is 16.2 Å². The van der Waals surface area contributed by atoms with Crippen LogP contribution in [-0.2, 0) is 0 Å². The SMILES string of the molecule is Cc1ccccc1-c1ccc2c(c1)c1ccccc1n2-c1ccc(-c2ccc(C)c3ccccc23)c2ccccc12. The lowest BCUT2D eigenvalue weighted by Gasteiger charge is -2.16. The molecular weight excluding hydrogens is 494 g/mol. The van der Waals surface area contributed by atoms with Crippen LogP contribution < -0.4 is 0 Å². The quantitative estimate of drug-likeness (QED) is 0.217. The van der Waals surface area contributed by atoms with Gasteiger partial charge in [-0.15, -0.1) is 0 Å². The number of benzene rings is 7. The molecule has 194 valence electrons. The smallest absolute Gasteiger partial charge is 0.0541 e. The molecule has 0 spiro atoms. The van der Waals surface area contributed by atoms with Gasteiger partial charge >= 0.3 is 0 Å². The van der Waals surface area contributed by atoms with Gasteiger partial charge in [0.25, 0.3) is 0 Å². The van der Waals surface area contributed by atoms with Gasteiger partial charge in [-0.1, -0.05) is 115 Å². The van der Waals surface area contributed by atoms with Crippen LogP contribution in [0.1, 0.15) is 11.1 Å². The fourth-order valence-electron chi connectivity index (χ4n) is 6.69. The minimum Gasteiger partial charge on any atom is -0.309 e. The zero-order chi connectivity index (χ0) is 27.5. The number of aromatic nitrogens is 1. The predicted molar refractivity (Wildman–Crippen MR) is 176 cm³/mol. The highest BCUT2D eigenvalue weighted by Crippen LogP contribution is 2.41. The molecular formula is C40H29N. The molecule has 0 aliphatic heterocycles. The molecule has 0 fully saturated rings. The van der Waals surface area contributed by atoms with E-state index in [1.807, 2.05) is 0 Å². The molecule has 0 aliphatic carbocycles. The maximum absolute atomic E-state index is 2.45. The first kappa shape index (κ1) is 23.7. The van der Waals surface area contributed by atoms with Crippen molar-refractivity contribution >= 4 is 43.4 Å². The fourth-order valence-corrected chi connectivity index (χ4v) is 6.69. The van der Waals surface area contributed by atoms with Gasteiger partial charge in [0.05, 0.1) is 16.7 Å². The van der Waals surface area contributed by atoms with Gasteiger partial charge in [-0.2, -0.15) is 0 Å². The molecule has 1 heterocycles. The molecule has 41 heavy (non-hydrogen) atoms. The normalized spacial score (nSPS) is 11.7. The van der Waals surface area contributed by atoms with E-state index in [2.05, 4.69) is 158 Å². The second-order valence-corrected chi connectivity index (χ2v) is 11.1. The van der Waals surface area contributed by atoms with Crippen LogP contribution in [-0.4, -0.2) is 4.57 Å². The molecule has 1 nitrogen and oxygen atoms in total. The number of hydrogen-bond donors (Lipinski definition) is 0. The average molecular weight is 524 g/mol. The molecule has 8 aromatic rings. The third kappa shape index (κ3) is 3.63. The van der Waals surface area contributed by atoms with Crippen LogP contribution in [0.2, 0.25) is 0 Å². The van der Waals surface area contributed by atoms with Crippen molar-refractivity contribution in [1.29, 1.82) is 0 Å². The standard InChI is InChI=1S/C40H29N/c1-26-11-3-4-12-29(26)28-20-23-40-37(25-28)36-17-9-10-18-38(36)41(40)39-24-22-34(32-15-7-8-16-35(32)39)33-21-19-27(2)30-13-5-6-14-31(30)33/h3-25H,1-2H3. The molecule has 0 atom stereocenters. The first-order chi connectivity index (χ1) is 20.2. The van der Waals surface area contributed by atoms with E-state index in [-0.39, 0.29) is 0 Å².